The fourth-order valence-corrected chi connectivity index (χ4v) is 0.820. The van der Waals surface area contributed by atoms with E-state index in [1.54, 1.807) is 0 Å². The lowest BCUT2D eigenvalue weighted by Gasteiger charge is -2.03. The van der Waals surface area contributed by atoms with Crippen molar-refractivity contribution in [3.05, 3.63) is 0 Å². The largest absolute Gasteiger partial charge is 0.354 e. The zero-order valence-corrected chi connectivity index (χ0v) is 8.13. The van der Waals surface area contributed by atoms with Crippen molar-refractivity contribution in [1.82, 2.24) is 10.6 Å². The molecule has 0 rings (SSSR count). The molecule has 0 heterocycles. The third kappa shape index (κ3) is 8.03. The van der Waals surface area contributed by atoms with Crippen molar-refractivity contribution in [2.45, 2.75) is 0 Å². The molecule has 0 fully saturated rings. The van der Waals surface area contributed by atoms with E-state index < -0.39 is 0 Å². The lowest BCUT2D eigenvalue weighted by Crippen LogP contribution is -2.33. The number of rotatable bonds is 6. The van der Waals surface area contributed by atoms with Crippen LogP contribution in [0.1, 0.15) is 0 Å². The summed E-state index contributed by atoms with van der Waals surface area (Å²) in [7, 11) is 0. The van der Waals surface area contributed by atoms with Crippen LogP contribution in [0.5, 0.6) is 0 Å². The minimum atomic E-state index is -0.0268. The average molecular weight is 194 g/mol. The molecule has 0 aliphatic rings. The highest BCUT2D eigenvalue weighted by molar-refractivity contribution is 7.81. The quantitative estimate of drug-likeness (QED) is 0.342. The van der Waals surface area contributed by atoms with Crippen molar-refractivity contribution < 1.29 is 4.79 Å². The van der Waals surface area contributed by atoms with Crippen molar-refractivity contribution >= 4 is 31.2 Å². The summed E-state index contributed by atoms with van der Waals surface area (Å²) in [6, 6.07) is 0. The van der Waals surface area contributed by atoms with Gasteiger partial charge < -0.3 is 10.6 Å². The second-order valence-electron chi connectivity index (χ2n) is 1.98. The third-order valence-electron chi connectivity index (χ3n) is 1.06. The topological polar surface area (TPSA) is 41.1 Å². The maximum absolute atomic E-state index is 10.6. The highest BCUT2D eigenvalue weighted by Gasteiger charge is 1.93. The molecule has 0 saturated carbocycles. The first-order valence-corrected chi connectivity index (χ1v) is 4.77. The molecule has 0 radical (unpaired) electrons. The van der Waals surface area contributed by atoms with Crippen LogP contribution in [0.15, 0.2) is 0 Å². The smallest absolute Gasteiger partial charge is 0.229 e. The van der Waals surface area contributed by atoms with Crippen LogP contribution in [0.3, 0.4) is 0 Å². The van der Waals surface area contributed by atoms with Gasteiger partial charge >= 0.3 is 0 Å². The Labute approximate surface area is 78.1 Å². The zero-order valence-electron chi connectivity index (χ0n) is 6.34. The van der Waals surface area contributed by atoms with Gasteiger partial charge in [-0.2, -0.15) is 25.3 Å². The van der Waals surface area contributed by atoms with Gasteiger partial charge in [-0.1, -0.05) is 0 Å². The van der Waals surface area contributed by atoms with Crippen LogP contribution in [0.4, 0.5) is 0 Å². The fourth-order valence-electron chi connectivity index (χ4n) is 0.550. The Morgan fingerprint density at radius 2 is 1.91 bits per heavy atom. The summed E-state index contributed by atoms with van der Waals surface area (Å²) in [4.78, 5) is 10.6. The Morgan fingerprint density at radius 1 is 1.18 bits per heavy atom. The molecule has 0 aromatic carbocycles. The summed E-state index contributed by atoms with van der Waals surface area (Å²) in [6.45, 7) is 2.33. The second-order valence-corrected chi connectivity index (χ2v) is 2.75. The predicted octanol–water partition coefficient (Wildman–Crippen LogP) is -0.448. The molecule has 5 heteroatoms. The van der Waals surface area contributed by atoms with Gasteiger partial charge in [-0.05, 0) is 0 Å². The Bertz CT molecular complexity index is 111. The fraction of sp³-hybridized carbons (Fsp3) is 0.833. The number of nitrogens with one attached hydrogen (secondary N) is 2. The average Bonchev–Trinajstić information content (AvgIpc) is 2.04. The first-order chi connectivity index (χ1) is 5.31. The van der Waals surface area contributed by atoms with Crippen molar-refractivity contribution in [1.29, 1.82) is 0 Å². The first kappa shape index (κ1) is 11.1. The van der Waals surface area contributed by atoms with Crippen molar-refractivity contribution in [2.75, 3.05) is 31.1 Å². The van der Waals surface area contributed by atoms with Crippen LogP contribution in [0.25, 0.3) is 0 Å². The summed E-state index contributed by atoms with van der Waals surface area (Å²) in [5, 5.41) is 5.79. The predicted molar refractivity (Wildman–Crippen MR) is 53.6 cm³/mol. The number of hydrogen-bond acceptors (Lipinski definition) is 4. The maximum atomic E-state index is 10.6. The Kier molecular flexibility index (Phi) is 8.33. The molecule has 66 valence electrons. The molecule has 3 nitrogen and oxygen atoms in total. The van der Waals surface area contributed by atoms with E-state index >= 15 is 0 Å². The van der Waals surface area contributed by atoms with Crippen LogP contribution in [0, 0.1) is 0 Å². The van der Waals surface area contributed by atoms with Crippen molar-refractivity contribution in [2.24, 2.45) is 0 Å². The molecule has 1 amide bonds. The Hall–Kier alpha value is 0.130. The van der Waals surface area contributed by atoms with Gasteiger partial charge in [0.15, 0.2) is 0 Å². The van der Waals surface area contributed by atoms with Gasteiger partial charge in [0.2, 0.25) is 5.91 Å². The minimum absolute atomic E-state index is 0.0268. The van der Waals surface area contributed by atoms with E-state index in [4.69, 9.17) is 0 Å². The van der Waals surface area contributed by atoms with Crippen LogP contribution < -0.4 is 10.6 Å². The van der Waals surface area contributed by atoms with E-state index in [1.807, 2.05) is 0 Å². The number of hydrogen-bond donors (Lipinski definition) is 4. The van der Waals surface area contributed by atoms with Crippen molar-refractivity contribution in [3.8, 4) is 0 Å². The molecule has 0 saturated heterocycles. The van der Waals surface area contributed by atoms with Crippen LogP contribution >= 0.6 is 25.3 Å². The maximum Gasteiger partial charge on any atom is 0.229 e. The normalized spacial score (nSPS) is 9.64. The Morgan fingerprint density at radius 3 is 2.45 bits per heavy atom. The summed E-state index contributed by atoms with van der Waals surface area (Å²) >= 11 is 7.83. The van der Waals surface area contributed by atoms with Crippen LogP contribution in [0.2, 0.25) is 0 Å². The van der Waals surface area contributed by atoms with Gasteiger partial charge in [-0.15, -0.1) is 0 Å². The molecule has 0 aliphatic heterocycles. The summed E-state index contributed by atoms with van der Waals surface area (Å²) in [5.74, 6) is 1.05. The molecular weight excluding hydrogens is 180 g/mol. The van der Waals surface area contributed by atoms with Gasteiger partial charge in [-0.3, -0.25) is 4.79 Å². The first-order valence-electron chi connectivity index (χ1n) is 3.50. The van der Waals surface area contributed by atoms with E-state index in [-0.39, 0.29) is 11.7 Å². The molecule has 0 bridgehead atoms. The standard InChI is InChI=1S/C6H14N2OS2/c9-6(5-11)8-2-1-7-3-4-10/h7,10-11H,1-5H2,(H,8,9). The van der Waals surface area contributed by atoms with Gasteiger partial charge in [0.25, 0.3) is 0 Å². The number of carbonyl (C=O) groups is 1. The molecule has 0 aromatic heterocycles. The molecule has 0 unspecified atom stereocenters. The third-order valence-corrected chi connectivity index (χ3v) is 1.57. The molecule has 0 aliphatic carbocycles. The van der Waals surface area contributed by atoms with Crippen molar-refractivity contribution in [3.63, 3.8) is 0 Å². The molecular formula is C6H14N2OS2. The van der Waals surface area contributed by atoms with E-state index in [2.05, 4.69) is 35.9 Å². The van der Waals surface area contributed by atoms with Gasteiger partial charge in [0.05, 0.1) is 5.75 Å². The molecule has 2 N–H and O–H groups in total. The van der Waals surface area contributed by atoms with E-state index in [0.717, 1.165) is 18.8 Å². The molecule has 0 atom stereocenters. The van der Waals surface area contributed by atoms with Gasteiger partial charge in [-0.25, -0.2) is 0 Å². The highest BCUT2D eigenvalue weighted by Crippen LogP contribution is 1.72. The lowest BCUT2D eigenvalue weighted by molar-refractivity contribution is -0.118. The minimum Gasteiger partial charge on any atom is -0.354 e. The molecule has 0 aromatic rings. The number of carbonyl (C=O) groups excluding carboxylic acids is 1. The van der Waals surface area contributed by atoms with E-state index in [0.29, 0.717) is 6.54 Å². The summed E-state index contributed by atoms with van der Waals surface area (Å²) in [6.07, 6.45) is 0. The SMILES string of the molecule is O=C(CS)NCCNCCS. The highest BCUT2D eigenvalue weighted by atomic mass is 32.1. The van der Waals surface area contributed by atoms with E-state index in [1.165, 1.54) is 0 Å². The van der Waals surface area contributed by atoms with Crippen LogP contribution in [-0.4, -0.2) is 37.0 Å². The Balaban J connectivity index is 2.95. The number of amides is 1. The number of thiol groups is 2. The van der Waals surface area contributed by atoms with Crippen LogP contribution in [-0.2, 0) is 4.79 Å². The monoisotopic (exact) mass is 194 g/mol. The second kappa shape index (κ2) is 8.23. The lowest BCUT2D eigenvalue weighted by atomic mass is 10.5. The zero-order chi connectivity index (χ0) is 8.53. The van der Waals surface area contributed by atoms with Gasteiger partial charge in [0.1, 0.15) is 0 Å². The van der Waals surface area contributed by atoms with Gasteiger partial charge in [0, 0.05) is 25.4 Å². The summed E-state index contributed by atoms with van der Waals surface area (Å²) < 4.78 is 0. The van der Waals surface area contributed by atoms with E-state index in [9.17, 15) is 4.79 Å². The molecule has 11 heavy (non-hydrogen) atoms. The summed E-state index contributed by atoms with van der Waals surface area (Å²) in [5.41, 5.74) is 0. The molecule has 0 spiro atoms.